The van der Waals surface area contributed by atoms with Crippen LogP contribution in [0.2, 0.25) is 0 Å². The molecule has 0 unspecified atom stereocenters. The third-order valence-electron chi connectivity index (χ3n) is 3.09. The van der Waals surface area contributed by atoms with Gasteiger partial charge in [-0.25, -0.2) is 4.79 Å². The van der Waals surface area contributed by atoms with Gasteiger partial charge < -0.3 is 14.5 Å². The summed E-state index contributed by atoms with van der Waals surface area (Å²) < 4.78 is 5.92. The van der Waals surface area contributed by atoms with E-state index in [4.69, 9.17) is 4.74 Å². The zero-order valence-corrected chi connectivity index (χ0v) is 13.7. The van der Waals surface area contributed by atoms with Gasteiger partial charge in [0.05, 0.1) is 11.5 Å². The van der Waals surface area contributed by atoms with Crippen molar-refractivity contribution >= 4 is 39.3 Å². The second-order valence-corrected chi connectivity index (χ2v) is 6.29. The van der Waals surface area contributed by atoms with Crippen molar-refractivity contribution in [3.63, 3.8) is 0 Å². The van der Waals surface area contributed by atoms with Crippen LogP contribution in [0.15, 0.2) is 15.9 Å². The number of carbonyl (C=O) groups excluding carboxylic acids is 2. The zero-order chi connectivity index (χ0) is 14.5. The fourth-order valence-corrected chi connectivity index (χ4v) is 3.49. The number of nitrogens with zero attached hydrogens (tertiary/aromatic N) is 2. The van der Waals surface area contributed by atoms with Crippen LogP contribution in [0.1, 0.15) is 23.0 Å². The Morgan fingerprint density at radius 3 is 2.65 bits per heavy atom. The molecule has 5 nitrogen and oxygen atoms in total. The van der Waals surface area contributed by atoms with Crippen LogP contribution in [0.25, 0.3) is 0 Å². The maximum Gasteiger partial charge on any atom is 0.409 e. The lowest BCUT2D eigenvalue weighted by molar-refractivity contribution is 0.0758. The first-order chi connectivity index (χ1) is 9.61. The summed E-state index contributed by atoms with van der Waals surface area (Å²) in [6, 6.07) is 1.83. The first-order valence-corrected chi connectivity index (χ1v) is 8.24. The molecular formula is C13H17BrN2O3S. The fourth-order valence-electron chi connectivity index (χ4n) is 2.10. The molecule has 1 fully saturated rings. The Morgan fingerprint density at radius 2 is 2.00 bits per heavy atom. The number of carbonyl (C=O) groups is 2. The van der Waals surface area contributed by atoms with Crippen molar-refractivity contribution in [3.05, 3.63) is 20.8 Å². The van der Waals surface area contributed by atoms with Gasteiger partial charge in [0, 0.05) is 36.0 Å². The number of hydrogen-bond acceptors (Lipinski definition) is 4. The highest BCUT2D eigenvalue weighted by molar-refractivity contribution is 9.10. The lowest BCUT2D eigenvalue weighted by Crippen LogP contribution is -2.37. The van der Waals surface area contributed by atoms with E-state index in [1.807, 2.05) is 11.4 Å². The minimum absolute atomic E-state index is 0.0337. The molecule has 0 atom stereocenters. The predicted octanol–water partition coefficient (Wildman–Crippen LogP) is 2.82. The second-order valence-electron chi connectivity index (χ2n) is 4.46. The molecule has 110 valence electrons. The summed E-state index contributed by atoms with van der Waals surface area (Å²) in [4.78, 5) is 28.2. The maximum atomic E-state index is 12.3. The van der Waals surface area contributed by atoms with Gasteiger partial charge in [0.25, 0.3) is 5.91 Å². The molecule has 1 aliphatic rings. The summed E-state index contributed by atoms with van der Waals surface area (Å²) >= 11 is 4.79. The highest BCUT2D eigenvalue weighted by Gasteiger charge is 2.24. The van der Waals surface area contributed by atoms with Crippen LogP contribution < -0.4 is 0 Å². The van der Waals surface area contributed by atoms with E-state index in [0.717, 1.165) is 15.8 Å². The van der Waals surface area contributed by atoms with Crippen molar-refractivity contribution in [2.45, 2.75) is 13.3 Å². The fraction of sp³-hybridized carbons (Fsp3) is 0.538. The van der Waals surface area contributed by atoms with Gasteiger partial charge in [-0.2, -0.15) is 0 Å². The van der Waals surface area contributed by atoms with Crippen molar-refractivity contribution < 1.29 is 14.3 Å². The number of ether oxygens (including phenoxy) is 1. The van der Waals surface area contributed by atoms with Gasteiger partial charge in [-0.05, 0) is 35.3 Å². The van der Waals surface area contributed by atoms with Gasteiger partial charge >= 0.3 is 6.09 Å². The van der Waals surface area contributed by atoms with Crippen LogP contribution in [0.4, 0.5) is 4.79 Å². The Kier molecular flexibility index (Phi) is 5.42. The quantitative estimate of drug-likeness (QED) is 0.814. The SMILES string of the molecule is CCOC(=O)N1CCCN(C(=O)c2cc(Br)cs2)CC1. The van der Waals surface area contributed by atoms with Crippen LogP contribution in [0.5, 0.6) is 0 Å². The topological polar surface area (TPSA) is 49.9 Å². The summed E-state index contributed by atoms with van der Waals surface area (Å²) in [7, 11) is 0. The van der Waals surface area contributed by atoms with Crippen molar-refractivity contribution in [2.75, 3.05) is 32.8 Å². The Labute approximate surface area is 130 Å². The first kappa shape index (κ1) is 15.3. The van der Waals surface area contributed by atoms with Crippen LogP contribution in [0.3, 0.4) is 0 Å². The van der Waals surface area contributed by atoms with E-state index in [-0.39, 0.29) is 12.0 Å². The molecule has 0 spiro atoms. The normalized spacial score (nSPS) is 15.9. The first-order valence-electron chi connectivity index (χ1n) is 6.57. The molecule has 1 aliphatic heterocycles. The van der Waals surface area contributed by atoms with E-state index in [1.165, 1.54) is 11.3 Å². The summed E-state index contributed by atoms with van der Waals surface area (Å²) in [6.07, 6.45) is 0.484. The van der Waals surface area contributed by atoms with Crippen molar-refractivity contribution in [1.29, 1.82) is 0 Å². The molecule has 0 aliphatic carbocycles. The molecule has 2 rings (SSSR count). The number of hydrogen-bond donors (Lipinski definition) is 0. The van der Waals surface area contributed by atoms with E-state index in [0.29, 0.717) is 32.8 Å². The Morgan fingerprint density at radius 1 is 1.30 bits per heavy atom. The molecule has 1 saturated heterocycles. The Hall–Kier alpha value is -1.08. The van der Waals surface area contributed by atoms with Gasteiger partial charge in [0.15, 0.2) is 0 Å². The molecule has 0 N–H and O–H groups in total. The van der Waals surface area contributed by atoms with E-state index in [2.05, 4.69) is 15.9 Å². The van der Waals surface area contributed by atoms with Crippen LogP contribution in [-0.4, -0.2) is 54.6 Å². The number of thiophene rings is 1. The van der Waals surface area contributed by atoms with Gasteiger partial charge in [0.1, 0.15) is 0 Å². The standard InChI is InChI=1S/C13H17BrN2O3S/c1-2-19-13(18)16-5-3-4-15(6-7-16)12(17)11-8-10(14)9-20-11/h8-9H,2-7H2,1H3. The van der Waals surface area contributed by atoms with E-state index in [1.54, 1.807) is 16.7 Å². The smallest absolute Gasteiger partial charge is 0.409 e. The average molecular weight is 361 g/mol. The molecule has 0 aromatic carbocycles. The molecule has 20 heavy (non-hydrogen) atoms. The lowest BCUT2D eigenvalue weighted by Gasteiger charge is -2.21. The predicted molar refractivity (Wildman–Crippen MR) is 81.1 cm³/mol. The van der Waals surface area contributed by atoms with Gasteiger partial charge in [-0.15, -0.1) is 11.3 Å². The van der Waals surface area contributed by atoms with Crippen LogP contribution >= 0.6 is 27.3 Å². The lowest BCUT2D eigenvalue weighted by atomic mass is 10.3. The van der Waals surface area contributed by atoms with Gasteiger partial charge in [0.2, 0.25) is 0 Å². The molecule has 0 saturated carbocycles. The van der Waals surface area contributed by atoms with E-state index < -0.39 is 0 Å². The van der Waals surface area contributed by atoms with Crippen molar-refractivity contribution in [3.8, 4) is 0 Å². The summed E-state index contributed by atoms with van der Waals surface area (Å²) in [5.41, 5.74) is 0. The van der Waals surface area contributed by atoms with Crippen molar-refractivity contribution in [1.82, 2.24) is 9.80 Å². The third kappa shape index (κ3) is 3.73. The third-order valence-corrected chi connectivity index (χ3v) is 4.77. The highest BCUT2D eigenvalue weighted by atomic mass is 79.9. The number of amides is 2. The minimum atomic E-state index is -0.291. The monoisotopic (exact) mass is 360 g/mol. The van der Waals surface area contributed by atoms with E-state index in [9.17, 15) is 9.59 Å². The molecular weight excluding hydrogens is 344 g/mol. The second kappa shape index (κ2) is 7.08. The largest absolute Gasteiger partial charge is 0.450 e. The molecule has 2 heterocycles. The molecule has 1 aromatic rings. The average Bonchev–Trinajstić information content (AvgIpc) is 2.72. The molecule has 2 amide bonds. The molecule has 0 radical (unpaired) electrons. The maximum absolute atomic E-state index is 12.3. The molecule has 0 bridgehead atoms. The molecule has 7 heteroatoms. The number of rotatable bonds is 2. The minimum Gasteiger partial charge on any atom is -0.450 e. The molecule has 1 aromatic heterocycles. The van der Waals surface area contributed by atoms with Crippen LogP contribution in [0, 0.1) is 0 Å². The van der Waals surface area contributed by atoms with Gasteiger partial charge in [-0.3, -0.25) is 4.79 Å². The summed E-state index contributed by atoms with van der Waals surface area (Å²) in [5, 5.41) is 1.90. The van der Waals surface area contributed by atoms with Crippen LogP contribution in [-0.2, 0) is 4.74 Å². The Balaban J connectivity index is 1.95. The summed E-state index contributed by atoms with van der Waals surface area (Å²) in [6.45, 7) is 4.55. The van der Waals surface area contributed by atoms with Crippen molar-refractivity contribution in [2.24, 2.45) is 0 Å². The zero-order valence-electron chi connectivity index (χ0n) is 11.3. The highest BCUT2D eigenvalue weighted by Crippen LogP contribution is 2.21. The van der Waals surface area contributed by atoms with Gasteiger partial charge in [-0.1, -0.05) is 0 Å². The Bertz CT molecular complexity index is 492. The summed E-state index contributed by atoms with van der Waals surface area (Å²) in [5.74, 6) is 0.0337. The number of halogens is 1. The van der Waals surface area contributed by atoms with E-state index >= 15 is 0 Å².